The summed E-state index contributed by atoms with van der Waals surface area (Å²) in [5.74, 6) is -7.97. The molecule has 7 atom stereocenters. The first kappa shape index (κ1) is 50.6. The summed E-state index contributed by atoms with van der Waals surface area (Å²) in [6, 6.07) is 18.1. The molecule has 0 aliphatic carbocycles. The quantitative estimate of drug-likeness (QED) is 0.0336. The highest BCUT2D eigenvalue weighted by Crippen LogP contribution is 2.21. The number of hydrogen-bond acceptors (Lipinski definition) is 9. The summed E-state index contributed by atoms with van der Waals surface area (Å²) in [6.45, 7) is 10.6. The van der Waals surface area contributed by atoms with Crippen LogP contribution in [0.5, 0.6) is 0 Å². The zero-order chi connectivity index (χ0) is 47.6. The van der Waals surface area contributed by atoms with Crippen molar-refractivity contribution in [3.05, 3.63) is 96.2 Å². The number of aromatic amines is 1. The largest absolute Gasteiger partial charge is 0.481 e. The molecule has 8 N–H and O–H groups in total. The van der Waals surface area contributed by atoms with Crippen LogP contribution in [-0.4, -0.2) is 93.1 Å². The van der Waals surface area contributed by atoms with Crippen LogP contribution in [0.25, 0.3) is 22.0 Å². The van der Waals surface area contributed by atoms with Crippen molar-refractivity contribution in [2.24, 2.45) is 22.9 Å². The molecule has 1 heterocycles. The van der Waals surface area contributed by atoms with E-state index < -0.39 is 89.9 Å². The summed E-state index contributed by atoms with van der Waals surface area (Å²) in [5.41, 5.74) is 4.37. The third-order valence-corrected chi connectivity index (χ3v) is 11.2. The molecule has 0 bridgehead atoms. The maximum Gasteiger partial charge on any atom is 0.326 e. The van der Waals surface area contributed by atoms with Crippen molar-refractivity contribution in [2.75, 3.05) is 0 Å². The van der Waals surface area contributed by atoms with Crippen molar-refractivity contribution in [2.45, 2.75) is 110 Å². The lowest BCUT2D eigenvalue weighted by atomic mass is 9.94. The predicted molar refractivity (Wildman–Crippen MR) is 245 cm³/mol. The first-order chi connectivity index (χ1) is 31.0. The fourth-order valence-corrected chi connectivity index (χ4v) is 7.07. The molecule has 65 heavy (non-hydrogen) atoms. The number of rotatable bonds is 25. The van der Waals surface area contributed by atoms with Gasteiger partial charge in [-0.25, -0.2) is 4.79 Å². The predicted octanol–water partition coefficient (Wildman–Crippen LogP) is 4.70. The van der Waals surface area contributed by atoms with Crippen molar-refractivity contribution in [1.29, 1.82) is 0 Å². The van der Waals surface area contributed by atoms with Gasteiger partial charge < -0.3 is 46.6 Å². The van der Waals surface area contributed by atoms with Crippen molar-refractivity contribution < 1.29 is 48.6 Å². The van der Waals surface area contributed by atoms with E-state index in [0.717, 1.165) is 33.8 Å². The Kier molecular flexibility index (Phi) is 19.2. The molecule has 1 aromatic heterocycles. The maximum absolute atomic E-state index is 14.0. The summed E-state index contributed by atoms with van der Waals surface area (Å²) >= 11 is 0. The Balaban J connectivity index is 1.41. The molecule has 4 aromatic rings. The van der Waals surface area contributed by atoms with Gasteiger partial charge in [-0.15, -0.1) is 0 Å². The molecule has 0 aliphatic heterocycles. The Bertz CT molecular complexity index is 2280. The van der Waals surface area contributed by atoms with Gasteiger partial charge in [0.15, 0.2) is 0 Å². The number of carboxylic acid groups (broad SMARTS) is 2. The van der Waals surface area contributed by atoms with Gasteiger partial charge in [-0.3, -0.25) is 28.8 Å². The van der Waals surface area contributed by atoms with Crippen molar-refractivity contribution in [3.8, 4) is 11.1 Å². The average molecular weight is 896 g/mol. The molecule has 3 aromatic carbocycles. The molecule has 0 radical (unpaired) electrons. The summed E-state index contributed by atoms with van der Waals surface area (Å²) < 4.78 is 0. The lowest BCUT2D eigenvalue weighted by Gasteiger charge is -2.30. The fraction of sp³-hybridized carbons (Fsp3) is 0.417. The van der Waals surface area contributed by atoms with Crippen molar-refractivity contribution in [1.82, 2.24) is 31.6 Å². The van der Waals surface area contributed by atoms with E-state index in [1.807, 2.05) is 92.7 Å². The number of oxime groups is 1. The molecule has 0 saturated carbocycles. The van der Waals surface area contributed by atoms with E-state index in [1.165, 1.54) is 0 Å². The highest BCUT2D eigenvalue weighted by molar-refractivity contribution is 6.26. The van der Waals surface area contributed by atoms with Crippen LogP contribution in [-0.2, 0) is 51.4 Å². The third-order valence-electron chi connectivity index (χ3n) is 11.2. The van der Waals surface area contributed by atoms with E-state index in [9.17, 15) is 43.8 Å². The van der Waals surface area contributed by atoms with Crippen LogP contribution in [0.1, 0.15) is 78.4 Å². The number of carbonyl (C=O) groups is 7. The molecule has 5 amide bonds. The Hall–Kier alpha value is -7.04. The topological polar surface area (TPSA) is 257 Å². The van der Waals surface area contributed by atoms with Gasteiger partial charge in [0.05, 0.1) is 6.42 Å². The van der Waals surface area contributed by atoms with E-state index >= 15 is 0 Å². The molecule has 0 unspecified atom stereocenters. The summed E-state index contributed by atoms with van der Waals surface area (Å²) in [5, 5.41) is 37.2. The van der Waals surface area contributed by atoms with E-state index in [2.05, 4.69) is 36.7 Å². The second kappa shape index (κ2) is 24.7. The lowest BCUT2D eigenvalue weighted by Crippen LogP contribution is -2.61. The van der Waals surface area contributed by atoms with E-state index in [1.54, 1.807) is 33.9 Å². The zero-order valence-electron chi connectivity index (χ0n) is 37.6. The smallest absolute Gasteiger partial charge is 0.326 e. The highest BCUT2D eigenvalue weighted by Gasteiger charge is 2.36. The summed E-state index contributed by atoms with van der Waals surface area (Å²) in [4.78, 5) is 101. The van der Waals surface area contributed by atoms with E-state index in [4.69, 9.17) is 4.84 Å². The van der Waals surface area contributed by atoms with Gasteiger partial charge in [0.2, 0.25) is 23.6 Å². The number of hydrogen-bond donors (Lipinski definition) is 8. The van der Waals surface area contributed by atoms with Crippen LogP contribution >= 0.6 is 0 Å². The van der Waals surface area contributed by atoms with E-state index in [-0.39, 0.29) is 25.4 Å². The van der Waals surface area contributed by atoms with Gasteiger partial charge in [0, 0.05) is 23.5 Å². The molecule has 348 valence electrons. The number of fused-ring (bicyclic) bond motifs is 1. The SMILES string of the molecule is CC[C@H](C)[C@H](NC(=O)[C@H](CC(=O)O)NC(=O)[C@H](CC(C)C)NC(=O)/C=N/OCc1ccc(-c2ccccc2)cc1)C(=O)N[C@H](C(=O)N[C@@H](Cc1c[nH]c2ccccc12)C(=O)O)[C@@H](C)CC. The molecule has 4 rings (SSSR count). The Morgan fingerprint density at radius 1 is 0.662 bits per heavy atom. The summed E-state index contributed by atoms with van der Waals surface area (Å²) in [7, 11) is 0. The monoisotopic (exact) mass is 895 g/mol. The molecule has 0 fully saturated rings. The first-order valence-corrected chi connectivity index (χ1v) is 21.8. The van der Waals surface area contributed by atoms with Gasteiger partial charge in [-0.1, -0.05) is 132 Å². The Labute approximate surface area is 378 Å². The Morgan fingerprint density at radius 3 is 1.82 bits per heavy atom. The lowest BCUT2D eigenvalue weighted by molar-refractivity contribution is -0.142. The van der Waals surface area contributed by atoms with Crippen LogP contribution in [0.15, 0.2) is 90.2 Å². The maximum atomic E-state index is 14.0. The van der Waals surface area contributed by atoms with Gasteiger partial charge >= 0.3 is 11.9 Å². The van der Waals surface area contributed by atoms with Crippen LogP contribution < -0.4 is 26.6 Å². The third kappa shape index (κ3) is 15.3. The molecule has 17 heteroatoms. The molecule has 17 nitrogen and oxygen atoms in total. The molecular weight excluding hydrogens is 835 g/mol. The number of carboxylic acids is 2. The number of nitrogens with one attached hydrogen (secondary N) is 6. The van der Waals surface area contributed by atoms with Gasteiger partial charge in [-0.2, -0.15) is 0 Å². The molecular formula is C48H61N7O10. The van der Waals surface area contributed by atoms with Crippen LogP contribution in [0.2, 0.25) is 0 Å². The van der Waals surface area contributed by atoms with Crippen molar-refractivity contribution >= 4 is 58.6 Å². The highest BCUT2D eigenvalue weighted by atomic mass is 16.6. The van der Waals surface area contributed by atoms with Gasteiger partial charge in [0.1, 0.15) is 43.0 Å². The minimum atomic E-state index is -1.68. The first-order valence-electron chi connectivity index (χ1n) is 21.8. The number of para-hydroxylation sites is 1. The number of benzene rings is 3. The molecule has 0 spiro atoms. The molecule has 0 aliphatic rings. The summed E-state index contributed by atoms with van der Waals surface area (Å²) in [6.07, 6.45) is 2.56. The minimum Gasteiger partial charge on any atom is -0.481 e. The van der Waals surface area contributed by atoms with Crippen LogP contribution in [0.3, 0.4) is 0 Å². The van der Waals surface area contributed by atoms with Gasteiger partial charge in [0.25, 0.3) is 5.91 Å². The second-order valence-electron chi connectivity index (χ2n) is 16.6. The molecule has 0 saturated heterocycles. The number of amides is 5. The number of aliphatic carboxylic acids is 2. The zero-order valence-corrected chi connectivity index (χ0v) is 37.6. The number of nitrogens with zero attached hydrogens (tertiary/aromatic N) is 1. The fourth-order valence-electron chi connectivity index (χ4n) is 7.07. The van der Waals surface area contributed by atoms with E-state index in [0.29, 0.717) is 18.4 Å². The van der Waals surface area contributed by atoms with Crippen molar-refractivity contribution in [3.63, 3.8) is 0 Å². The number of H-pyrrole nitrogens is 1. The number of carbonyl (C=O) groups excluding carboxylic acids is 5. The second-order valence-corrected chi connectivity index (χ2v) is 16.6. The number of aromatic nitrogens is 1. The minimum absolute atomic E-state index is 0.0379. The Morgan fingerprint density at radius 2 is 1.22 bits per heavy atom. The normalized spacial score (nSPS) is 14.6. The standard InChI is InChI=1S/C48H61N7O10/c1-7-29(5)42(46(61)53-39(48(63)64)23-34-25-49-36-17-13-12-16-35(34)36)55-47(62)43(30(6)8-2)54-45(60)38(24-41(57)58)52-44(59)37(22-28(3)4)51-40(56)26-50-65-27-31-18-20-33(21-19-31)32-14-10-9-11-15-32/h9-21,25-26,28-30,37-39,42-43,49H,7-8,22-24,27H2,1-6H3,(H,51,56)(H,52,59)(H,53,61)(H,54,60)(H,55,62)(H,57,58)(H,63,64)/b50-26+/t29-,30-,37-,38-,39-,42-,43-/m0/s1. The average Bonchev–Trinajstić information content (AvgIpc) is 3.69. The van der Waals surface area contributed by atoms with Crippen LogP contribution in [0, 0.1) is 17.8 Å². The van der Waals surface area contributed by atoms with Crippen LogP contribution in [0.4, 0.5) is 0 Å². The van der Waals surface area contributed by atoms with Gasteiger partial charge in [-0.05, 0) is 52.5 Å².